The van der Waals surface area contributed by atoms with E-state index in [2.05, 4.69) is 0 Å². The largest absolute Gasteiger partial charge is 0.337 e. The highest BCUT2D eigenvalue weighted by atomic mass is 35.5. The van der Waals surface area contributed by atoms with E-state index in [4.69, 9.17) is 28.0 Å². The summed E-state index contributed by atoms with van der Waals surface area (Å²) < 4.78 is 0. The van der Waals surface area contributed by atoms with Gasteiger partial charge in [-0.2, -0.15) is 0 Å². The Labute approximate surface area is 168 Å². The lowest BCUT2D eigenvalue weighted by molar-refractivity contribution is -0.171. The van der Waals surface area contributed by atoms with Crippen molar-refractivity contribution in [3.05, 3.63) is 39.9 Å². The molecule has 9 heteroatoms. The maximum absolute atomic E-state index is 12.4. The number of carbonyl (C=O) groups is 3. The van der Waals surface area contributed by atoms with Crippen molar-refractivity contribution in [2.45, 2.75) is 6.42 Å². The number of amides is 3. The number of likely N-dealkylation sites (N-methyl/N-ethyl adjacent to an activating group) is 1. The van der Waals surface area contributed by atoms with Gasteiger partial charge in [0.05, 0.1) is 17.2 Å². The molecule has 27 heavy (non-hydrogen) atoms. The van der Waals surface area contributed by atoms with Crippen LogP contribution in [0.2, 0.25) is 10.0 Å². The van der Waals surface area contributed by atoms with E-state index in [9.17, 15) is 14.4 Å². The monoisotopic (exact) mass is 413 g/mol. The summed E-state index contributed by atoms with van der Waals surface area (Å²) in [5.74, 6) is -0.710. The number of rotatable bonds is 5. The van der Waals surface area contributed by atoms with Crippen LogP contribution in [-0.2, 0) is 19.2 Å². The Morgan fingerprint density at radius 3 is 2.63 bits per heavy atom. The quantitative estimate of drug-likeness (QED) is 0.547. The minimum absolute atomic E-state index is 0.0791. The first-order chi connectivity index (χ1) is 12.8. The maximum atomic E-state index is 12.4. The molecular formula is C18H21Cl2N3O4. The van der Waals surface area contributed by atoms with Crippen LogP contribution in [0.25, 0.3) is 6.08 Å². The average Bonchev–Trinajstić information content (AvgIpc) is 2.83. The van der Waals surface area contributed by atoms with Gasteiger partial charge < -0.3 is 9.80 Å². The number of hydrogen-bond acceptors (Lipinski definition) is 4. The molecule has 1 aromatic carbocycles. The molecular weight excluding hydrogens is 393 g/mol. The first-order valence-electron chi connectivity index (χ1n) is 8.32. The third-order valence-electron chi connectivity index (χ3n) is 4.21. The van der Waals surface area contributed by atoms with Gasteiger partial charge in [-0.1, -0.05) is 29.3 Å². The van der Waals surface area contributed by atoms with Crippen molar-refractivity contribution in [1.29, 1.82) is 0 Å². The summed E-state index contributed by atoms with van der Waals surface area (Å²) in [5.41, 5.74) is 0.749. The van der Waals surface area contributed by atoms with E-state index in [0.717, 1.165) is 10.6 Å². The van der Waals surface area contributed by atoms with Gasteiger partial charge in [0.25, 0.3) is 5.91 Å². The summed E-state index contributed by atoms with van der Waals surface area (Å²) in [7, 11) is 2.86. The molecule has 1 aliphatic rings. The topological polar surface area (TPSA) is 70.2 Å². The predicted octanol–water partition coefficient (Wildman–Crippen LogP) is 2.09. The molecule has 0 bridgehead atoms. The van der Waals surface area contributed by atoms with Crippen LogP contribution in [0.1, 0.15) is 12.0 Å². The molecule has 0 radical (unpaired) electrons. The van der Waals surface area contributed by atoms with Crippen molar-refractivity contribution in [3.8, 4) is 0 Å². The second kappa shape index (κ2) is 9.73. The SMILES string of the molecule is CON(C)C(=O)CN1CCN(C(=O)C=Cc2ccc(Cl)c(Cl)c2)CCC1=O. The van der Waals surface area contributed by atoms with Gasteiger partial charge in [0.2, 0.25) is 11.8 Å². The summed E-state index contributed by atoms with van der Waals surface area (Å²) in [5, 5.41) is 1.93. The standard InChI is InChI=1S/C18H21Cl2N3O4/c1-21(27-2)18(26)12-23-10-9-22(8-7-17(23)25)16(24)6-4-13-3-5-14(19)15(20)11-13/h3-6,11H,7-10,12H2,1-2H3. The first-order valence-corrected chi connectivity index (χ1v) is 9.08. The summed E-state index contributed by atoms with van der Waals surface area (Å²) >= 11 is 11.8. The normalized spacial score (nSPS) is 15.2. The smallest absolute Gasteiger partial charge is 0.265 e. The molecule has 0 aromatic heterocycles. The van der Waals surface area contributed by atoms with Gasteiger partial charge in [-0.05, 0) is 23.8 Å². The molecule has 0 spiro atoms. The predicted molar refractivity (Wildman–Crippen MR) is 103 cm³/mol. The number of hydrogen-bond donors (Lipinski definition) is 0. The molecule has 0 N–H and O–H groups in total. The molecule has 3 amide bonds. The molecule has 2 rings (SSSR count). The van der Waals surface area contributed by atoms with E-state index in [1.165, 1.54) is 25.1 Å². The van der Waals surface area contributed by atoms with Crippen molar-refractivity contribution >= 4 is 47.0 Å². The van der Waals surface area contributed by atoms with E-state index in [0.29, 0.717) is 23.1 Å². The van der Waals surface area contributed by atoms with Crippen molar-refractivity contribution in [3.63, 3.8) is 0 Å². The Morgan fingerprint density at radius 2 is 1.96 bits per heavy atom. The summed E-state index contributed by atoms with van der Waals surface area (Å²) in [6.07, 6.45) is 3.24. The van der Waals surface area contributed by atoms with Crippen molar-refractivity contribution in [2.75, 3.05) is 40.3 Å². The molecule has 1 heterocycles. The highest BCUT2D eigenvalue weighted by Crippen LogP contribution is 2.23. The maximum Gasteiger partial charge on any atom is 0.265 e. The van der Waals surface area contributed by atoms with Gasteiger partial charge >= 0.3 is 0 Å². The fraction of sp³-hybridized carbons (Fsp3) is 0.389. The van der Waals surface area contributed by atoms with Gasteiger partial charge in [-0.3, -0.25) is 19.2 Å². The third-order valence-corrected chi connectivity index (χ3v) is 4.95. The Hall–Kier alpha value is -2.09. The van der Waals surface area contributed by atoms with Crippen molar-refractivity contribution in [1.82, 2.24) is 14.9 Å². The average molecular weight is 414 g/mol. The summed E-state index contributed by atoms with van der Waals surface area (Å²) in [4.78, 5) is 44.4. The summed E-state index contributed by atoms with van der Waals surface area (Å²) in [6.45, 7) is 0.854. The second-order valence-corrected chi connectivity index (χ2v) is 6.79. The minimum atomic E-state index is -0.329. The second-order valence-electron chi connectivity index (χ2n) is 5.97. The number of carbonyl (C=O) groups excluding carboxylic acids is 3. The zero-order valence-corrected chi connectivity index (χ0v) is 16.7. The van der Waals surface area contributed by atoms with Crippen LogP contribution in [0.5, 0.6) is 0 Å². The Balaban J connectivity index is 1.96. The number of hydroxylamine groups is 2. The van der Waals surface area contributed by atoms with Crippen LogP contribution < -0.4 is 0 Å². The van der Waals surface area contributed by atoms with Gasteiger partial charge in [0.1, 0.15) is 6.54 Å². The summed E-state index contributed by atoms with van der Waals surface area (Å²) in [6, 6.07) is 5.08. The highest BCUT2D eigenvalue weighted by Gasteiger charge is 2.25. The Kier molecular flexibility index (Phi) is 7.65. The van der Waals surface area contributed by atoms with Gasteiger partial charge in [0.15, 0.2) is 0 Å². The first kappa shape index (κ1) is 21.2. The lowest BCUT2D eigenvalue weighted by atomic mass is 10.2. The van der Waals surface area contributed by atoms with E-state index in [1.54, 1.807) is 29.2 Å². The Morgan fingerprint density at radius 1 is 1.22 bits per heavy atom. The van der Waals surface area contributed by atoms with Gasteiger partial charge in [-0.25, -0.2) is 5.06 Å². The van der Waals surface area contributed by atoms with E-state index in [-0.39, 0.29) is 37.2 Å². The van der Waals surface area contributed by atoms with Crippen molar-refractivity contribution < 1.29 is 19.2 Å². The van der Waals surface area contributed by atoms with Gasteiger partial charge in [0, 0.05) is 39.2 Å². The molecule has 1 fully saturated rings. The molecule has 7 nitrogen and oxygen atoms in total. The van der Waals surface area contributed by atoms with Crippen LogP contribution in [0, 0.1) is 0 Å². The van der Waals surface area contributed by atoms with Crippen molar-refractivity contribution in [2.24, 2.45) is 0 Å². The molecule has 1 aliphatic heterocycles. The fourth-order valence-electron chi connectivity index (χ4n) is 2.51. The van der Waals surface area contributed by atoms with Crippen LogP contribution in [-0.4, -0.2) is 72.9 Å². The van der Waals surface area contributed by atoms with E-state index >= 15 is 0 Å². The molecule has 0 aliphatic carbocycles. The minimum Gasteiger partial charge on any atom is -0.337 e. The van der Waals surface area contributed by atoms with Crippen LogP contribution in [0.3, 0.4) is 0 Å². The van der Waals surface area contributed by atoms with E-state index in [1.807, 2.05) is 0 Å². The van der Waals surface area contributed by atoms with Crippen LogP contribution in [0.4, 0.5) is 0 Å². The fourth-order valence-corrected chi connectivity index (χ4v) is 2.81. The molecule has 1 saturated heterocycles. The Bertz CT molecular complexity index is 754. The molecule has 1 aromatic rings. The lowest BCUT2D eigenvalue weighted by Crippen LogP contribution is -2.42. The van der Waals surface area contributed by atoms with Crippen LogP contribution in [0.15, 0.2) is 24.3 Å². The third kappa shape index (κ3) is 5.95. The van der Waals surface area contributed by atoms with E-state index < -0.39 is 0 Å². The lowest BCUT2D eigenvalue weighted by Gasteiger charge is -2.23. The number of nitrogens with zero attached hydrogens (tertiary/aromatic N) is 3. The molecule has 0 atom stereocenters. The number of halogens is 2. The zero-order valence-electron chi connectivity index (χ0n) is 15.2. The molecule has 146 valence electrons. The number of benzene rings is 1. The molecule has 0 unspecified atom stereocenters. The highest BCUT2D eigenvalue weighted by molar-refractivity contribution is 6.42. The van der Waals surface area contributed by atoms with Gasteiger partial charge in [-0.15, -0.1) is 0 Å². The molecule has 0 saturated carbocycles. The zero-order chi connectivity index (χ0) is 20.0. The van der Waals surface area contributed by atoms with Crippen LogP contribution >= 0.6 is 23.2 Å².